The van der Waals surface area contributed by atoms with Crippen molar-refractivity contribution in [1.82, 2.24) is 10.9 Å². The molecular weight excluding hydrogens is 140 g/mol. The van der Waals surface area contributed by atoms with E-state index in [2.05, 4.69) is 16.0 Å². The van der Waals surface area contributed by atoms with Crippen LogP contribution in [0, 0.1) is 0 Å². The highest BCUT2D eigenvalue weighted by atomic mass is 15.5. The number of hydrazine groups is 1. The molecule has 11 heavy (non-hydrogen) atoms. The van der Waals surface area contributed by atoms with E-state index in [1.54, 1.807) is 0 Å². The van der Waals surface area contributed by atoms with Crippen LogP contribution in [0.1, 0.15) is 27.7 Å². The zero-order valence-corrected chi connectivity index (χ0v) is 7.52. The second-order valence-corrected chi connectivity index (χ2v) is 3.98. The van der Waals surface area contributed by atoms with Gasteiger partial charge in [0.2, 0.25) is 0 Å². The molecule has 1 fully saturated rings. The molecule has 64 valence electrons. The van der Waals surface area contributed by atoms with Crippen LogP contribution in [0.2, 0.25) is 0 Å². The first-order valence-electron chi connectivity index (χ1n) is 3.73. The van der Waals surface area contributed by atoms with Gasteiger partial charge in [0.25, 0.3) is 0 Å². The molecule has 1 aliphatic heterocycles. The third-order valence-corrected chi connectivity index (χ3v) is 2.00. The maximum Gasteiger partial charge on any atom is 0.0791 e. The lowest BCUT2D eigenvalue weighted by Gasteiger charge is -2.21. The molecule has 0 aliphatic carbocycles. The lowest BCUT2D eigenvalue weighted by atomic mass is 9.88. The summed E-state index contributed by atoms with van der Waals surface area (Å²) in [4.78, 5) is 0. The summed E-state index contributed by atoms with van der Waals surface area (Å²) in [5, 5.41) is 3.78. The Labute approximate surface area is 67.2 Å². The molecule has 0 aromatic heterocycles. The van der Waals surface area contributed by atoms with E-state index >= 15 is 0 Å². The van der Waals surface area contributed by atoms with Gasteiger partial charge in [-0.3, -0.25) is 0 Å². The maximum absolute atomic E-state index is 5.29. The standard InChI is InChI=1S/C7H16N4/c1-6(2)5(9-8)7(3,4)11-10-6/h10-11H,8H2,1-4H3. The Kier molecular flexibility index (Phi) is 1.69. The third-order valence-electron chi connectivity index (χ3n) is 2.00. The van der Waals surface area contributed by atoms with Crippen molar-refractivity contribution in [2.45, 2.75) is 38.8 Å². The average molecular weight is 156 g/mol. The summed E-state index contributed by atoms with van der Waals surface area (Å²) in [5.41, 5.74) is 6.92. The number of nitrogens with one attached hydrogen (secondary N) is 2. The fourth-order valence-corrected chi connectivity index (χ4v) is 1.53. The Bertz CT molecular complexity index is 175. The van der Waals surface area contributed by atoms with E-state index in [4.69, 9.17) is 5.84 Å². The fourth-order valence-electron chi connectivity index (χ4n) is 1.53. The van der Waals surface area contributed by atoms with Gasteiger partial charge in [0.05, 0.1) is 16.8 Å². The van der Waals surface area contributed by atoms with Crippen LogP contribution in [-0.4, -0.2) is 16.8 Å². The summed E-state index contributed by atoms with van der Waals surface area (Å²) < 4.78 is 0. The van der Waals surface area contributed by atoms with Crippen molar-refractivity contribution in [1.29, 1.82) is 0 Å². The summed E-state index contributed by atoms with van der Waals surface area (Å²) in [6, 6.07) is 0. The van der Waals surface area contributed by atoms with Crippen LogP contribution in [0.3, 0.4) is 0 Å². The average Bonchev–Trinajstić information content (AvgIpc) is 2.03. The van der Waals surface area contributed by atoms with Crippen LogP contribution in [0.5, 0.6) is 0 Å². The summed E-state index contributed by atoms with van der Waals surface area (Å²) in [5.74, 6) is 5.29. The van der Waals surface area contributed by atoms with Gasteiger partial charge in [-0.25, -0.2) is 10.9 Å². The van der Waals surface area contributed by atoms with Gasteiger partial charge >= 0.3 is 0 Å². The molecule has 0 saturated carbocycles. The summed E-state index contributed by atoms with van der Waals surface area (Å²) >= 11 is 0. The SMILES string of the molecule is CC1(C)NNC(C)(C)C1=NN. The van der Waals surface area contributed by atoms with Gasteiger partial charge in [-0.1, -0.05) is 0 Å². The molecule has 4 N–H and O–H groups in total. The van der Waals surface area contributed by atoms with Crippen molar-refractivity contribution in [2.75, 3.05) is 0 Å². The van der Waals surface area contributed by atoms with Crippen LogP contribution in [-0.2, 0) is 0 Å². The molecule has 4 heteroatoms. The minimum Gasteiger partial charge on any atom is -0.323 e. The molecule has 0 unspecified atom stereocenters. The van der Waals surface area contributed by atoms with E-state index < -0.39 is 0 Å². The summed E-state index contributed by atoms with van der Waals surface area (Å²) in [6.07, 6.45) is 0. The first-order valence-corrected chi connectivity index (χ1v) is 3.73. The van der Waals surface area contributed by atoms with Crippen LogP contribution in [0.15, 0.2) is 5.10 Å². The Morgan fingerprint density at radius 1 is 1.09 bits per heavy atom. The van der Waals surface area contributed by atoms with Crippen molar-refractivity contribution < 1.29 is 0 Å². The van der Waals surface area contributed by atoms with E-state index in [-0.39, 0.29) is 11.1 Å². The van der Waals surface area contributed by atoms with E-state index in [1.165, 1.54) is 0 Å². The smallest absolute Gasteiger partial charge is 0.0791 e. The van der Waals surface area contributed by atoms with Gasteiger partial charge in [0.15, 0.2) is 0 Å². The van der Waals surface area contributed by atoms with Gasteiger partial charge in [-0.2, -0.15) is 5.10 Å². The van der Waals surface area contributed by atoms with E-state index in [0.29, 0.717) is 0 Å². The number of rotatable bonds is 0. The first kappa shape index (κ1) is 8.49. The molecule has 1 heterocycles. The van der Waals surface area contributed by atoms with Gasteiger partial charge in [-0.15, -0.1) is 0 Å². The van der Waals surface area contributed by atoms with Crippen molar-refractivity contribution in [3.05, 3.63) is 0 Å². The highest BCUT2D eigenvalue weighted by Gasteiger charge is 2.43. The predicted molar refractivity (Wildman–Crippen MR) is 46.1 cm³/mol. The topological polar surface area (TPSA) is 62.4 Å². The lowest BCUT2D eigenvalue weighted by molar-refractivity contribution is 0.428. The number of nitrogens with two attached hydrogens (primary N) is 1. The van der Waals surface area contributed by atoms with E-state index in [9.17, 15) is 0 Å². The number of hydrogen-bond acceptors (Lipinski definition) is 4. The summed E-state index contributed by atoms with van der Waals surface area (Å²) in [7, 11) is 0. The van der Waals surface area contributed by atoms with Crippen molar-refractivity contribution in [3.8, 4) is 0 Å². The predicted octanol–water partition coefficient (Wildman–Crippen LogP) is -0.0339. The highest BCUT2D eigenvalue weighted by molar-refractivity contribution is 6.01. The quantitative estimate of drug-likeness (QED) is 0.341. The molecule has 0 spiro atoms. The Balaban J connectivity index is 2.99. The minimum absolute atomic E-state index is 0.141. The Hall–Kier alpha value is -0.610. The molecule has 0 aromatic carbocycles. The normalized spacial score (nSPS) is 27.1. The third kappa shape index (κ3) is 1.23. The first-order chi connectivity index (χ1) is 4.90. The molecule has 0 amide bonds. The lowest BCUT2D eigenvalue weighted by Crippen LogP contribution is -2.42. The summed E-state index contributed by atoms with van der Waals surface area (Å²) in [6.45, 7) is 8.17. The highest BCUT2D eigenvalue weighted by Crippen LogP contribution is 2.21. The second-order valence-electron chi connectivity index (χ2n) is 3.98. The van der Waals surface area contributed by atoms with Gasteiger partial charge in [0.1, 0.15) is 0 Å². The van der Waals surface area contributed by atoms with Crippen molar-refractivity contribution >= 4 is 5.71 Å². The molecule has 1 saturated heterocycles. The number of hydrazone groups is 1. The van der Waals surface area contributed by atoms with Gasteiger partial charge in [-0.05, 0) is 27.7 Å². The zero-order chi connectivity index (χ0) is 8.70. The molecule has 0 bridgehead atoms. The van der Waals surface area contributed by atoms with Crippen molar-refractivity contribution in [3.63, 3.8) is 0 Å². The van der Waals surface area contributed by atoms with Crippen LogP contribution in [0.25, 0.3) is 0 Å². The molecule has 4 nitrogen and oxygen atoms in total. The van der Waals surface area contributed by atoms with Crippen LogP contribution < -0.4 is 16.7 Å². The van der Waals surface area contributed by atoms with Gasteiger partial charge in [0, 0.05) is 0 Å². The minimum atomic E-state index is -0.141. The zero-order valence-electron chi connectivity index (χ0n) is 7.52. The molecule has 0 radical (unpaired) electrons. The second kappa shape index (κ2) is 2.19. The molecule has 1 aliphatic rings. The molecule has 1 rings (SSSR count). The number of hydrogen-bond donors (Lipinski definition) is 3. The fraction of sp³-hybridized carbons (Fsp3) is 0.857. The van der Waals surface area contributed by atoms with E-state index in [1.807, 2.05) is 27.7 Å². The van der Waals surface area contributed by atoms with Gasteiger partial charge < -0.3 is 5.84 Å². The number of nitrogens with zero attached hydrogens (tertiary/aromatic N) is 1. The molecule has 0 aromatic rings. The Morgan fingerprint density at radius 2 is 1.45 bits per heavy atom. The molecule has 0 atom stereocenters. The van der Waals surface area contributed by atoms with E-state index in [0.717, 1.165) is 5.71 Å². The van der Waals surface area contributed by atoms with Crippen LogP contribution in [0.4, 0.5) is 0 Å². The largest absolute Gasteiger partial charge is 0.323 e. The van der Waals surface area contributed by atoms with Crippen molar-refractivity contribution in [2.24, 2.45) is 10.9 Å². The van der Waals surface area contributed by atoms with Crippen LogP contribution >= 0.6 is 0 Å². The molecular formula is C7H16N4. The maximum atomic E-state index is 5.29. The monoisotopic (exact) mass is 156 g/mol. The Morgan fingerprint density at radius 3 is 1.64 bits per heavy atom.